The fourth-order valence-electron chi connectivity index (χ4n) is 4.18. The average Bonchev–Trinajstić information content (AvgIpc) is 2.84. The van der Waals surface area contributed by atoms with Gasteiger partial charge in [0.25, 0.3) is 5.91 Å². The first-order valence-corrected chi connectivity index (χ1v) is 10.9. The molecule has 0 radical (unpaired) electrons. The summed E-state index contributed by atoms with van der Waals surface area (Å²) in [4.78, 5) is 32.8. The molecule has 176 valence electrons. The van der Waals surface area contributed by atoms with Gasteiger partial charge in [-0.2, -0.15) is 13.2 Å². The van der Waals surface area contributed by atoms with Crippen molar-refractivity contribution in [1.82, 2.24) is 9.88 Å². The van der Waals surface area contributed by atoms with E-state index in [-0.39, 0.29) is 24.2 Å². The van der Waals surface area contributed by atoms with E-state index < -0.39 is 17.7 Å². The molecule has 2 aromatic rings. The number of halogens is 3. The minimum atomic E-state index is -4.52. The lowest BCUT2D eigenvalue weighted by atomic mass is 9.96. The minimum absolute atomic E-state index is 0.131. The number of piperidine rings is 1. The molecular weight excluding hydrogens is 437 g/mol. The van der Waals surface area contributed by atoms with E-state index in [0.29, 0.717) is 56.9 Å². The molecule has 1 aromatic heterocycles. The summed E-state index contributed by atoms with van der Waals surface area (Å²) in [6.45, 7) is 2.55. The van der Waals surface area contributed by atoms with Gasteiger partial charge in [0.1, 0.15) is 5.82 Å². The van der Waals surface area contributed by atoms with Gasteiger partial charge < -0.3 is 19.9 Å². The maximum atomic E-state index is 13.4. The van der Waals surface area contributed by atoms with Crippen molar-refractivity contribution >= 4 is 23.3 Å². The van der Waals surface area contributed by atoms with Crippen LogP contribution in [0.3, 0.4) is 0 Å². The Morgan fingerprint density at radius 3 is 2.64 bits per heavy atom. The van der Waals surface area contributed by atoms with Crippen LogP contribution in [-0.4, -0.2) is 61.1 Å². The number of benzene rings is 1. The number of carbonyl (C=O) groups is 2. The predicted octanol–water partition coefficient (Wildman–Crippen LogP) is 3.43. The standard InChI is InChI=1S/C23H25F3N4O3/c24-23(25,26)19-7-2-8-27-20(19)30-9-3-5-17(15-30)21(31)28-18-6-1-4-16(14-18)22(32)29-10-12-33-13-11-29/h1-2,4,6-8,14,17H,3,5,9-13,15H2,(H,28,31). The van der Waals surface area contributed by atoms with Crippen LogP contribution >= 0.6 is 0 Å². The average molecular weight is 462 g/mol. The Bertz CT molecular complexity index is 1010. The van der Waals surface area contributed by atoms with E-state index in [0.717, 1.165) is 6.07 Å². The second-order valence-corrected chi connectivity index (χ2v) is 8.13. The fraction of sp³-hybridized carbons (Fsp3) is 0.435. The monoisotopic (exact) mass is 462 g/mol. The Morgan fingerprint density at radius 1 is 1.09 bits per heavy atom. The number of morpholine rings is 1. The normalized spacial score (nSPS) is 19.3. The third-order valence-corrected chi connectivity index (χ3v) is 5.86. The summed E-state index contributed by atoms with van der Waals surface area (Å²) in [5, 5.41) is 2.82. The molecule has 3 heterocycles. The Labute approximate surface area is 189 Å². The third kappa shape index (κ3) is 5.44. The van der Waals surface area contributed by atoms with Crippen LogP contribution in [-0.2, 0) is 15.7 Å². The zero-order valence-corrected chi connectivity index (χ0v) is 18.0. The number of anilines is 2. The number of nitrogens with one attached hydrogen (secondary N) is 1. The second kappa shape index (κ2) is 9.78. The molecule has 4 rings (SSSR count). The highest BCUT2D eigenvalue weighted by Crippen LogP contribution is 2.36. The number of aromatic nitrogens is 1. The van der Waals surface area contributed by atoms with Crippen molar-refractivity contribution < 1.29 is 27.5 Å². The number of rotatable bonds is 4. The van der Waals surface area contributed by atoms with E-state index in [1.807, 2.05) is 0 Å². The number of carbonyl (C=O) groups excluding carboxylic acids is 2. The van der Waals surface area contributed by atoms with Crippen LogP contribution in [0.15, 0.2) is 42.6 Å². The molecule has 7 nitrogen and oxygen atoms in total. The first-order chi connectivity index (χ1) is 15.8. The van der Waals surface area contributed by atoms with Gasteiger partial charge in [-0.1, -0.05) is 6.07 Å². The van der Waals surface area contributed by atoms with Crippen LogP contribution in [0.2, 0.25) is 0 Å². The van der Waals surface area contributed by atoms with Crippen molar-refractivity contribution in [3.8, 4) is 0 Å². The fourth-order valence-corrected chi connectivity index (χ4v) is 4.18. The molecule has 10 heteroatoms. The van der Waals surface area contributed by atoms with Gasteiger partial charge in [0.15, 0.2) is 0 Å². The molecule has 2 aliphatic heterocycles. The quantitative estimate of drug-likeness (QED) is 0.754. The lowest BCUT2D eigenvalue weighted by Crippen LogP contribution is -2.42. The highest BCUT2D eigenvalue weighted by atomic mass is 19.4. The summed E-state index contributed by atoms with van der Waals surface area (Å²) in [6, 6.07) is 8.95. The van der Waals surface area contributed by atoms with E-state index in [1.165, 1.54) is 17.2 Å². The highest BCUT2D eigenvalue weighted by Gasteiger charge is 2.37. The molecule has 2 amide bonds. The molecule has 1 N–H and O–H groups in total. The van der Waals surface area contributed by atoms with Crippen molar-refractivity contribution in [1.29, 1.82) is 0 Å². The van der Waals surface area contributed by atoms with Crippen LogP contribution in [0.25, 0.3) is 0 Å². The van der Waals surface area contributed by atoms with E-state index in [9.17, 15) is 22.8 Å². The van der Waals surface area contributed by atoms with Gasteiger partial charge in [0.05, 0.1) is 24.7 Å². The van der Waals surface area contributed by atoms with Crippen LogP contribution in [0.4, 0.5) is 24.7 Å². The van der Waals surface area contributed by atoms with Crippen LogP contribution < -0.4 is 10.2 Å². The molecule has 0 saturated carbocycles. The Hall–Kier alpha value is -3.14. The number of amides is 2. The molecular formula is C23H25F3N4O3. The molecule has 0 aliphatic carbocycles. The van der Waals surface area contributed by atoms with Crippen LogP contribution in [0, 0.1) is 5.92 Å². The van der Waals surface area contributed by atoms with Crippen LogP contribution in [0.1, 0.15) is 28.8 Å². The SMILES string of the molecule is O=C(Nc1cccc(C(=O)N2CCOCC2)c1)C1CCCN(c2ncccc2C(F)(F)F)C1. The molecule has 1 atom stereocenters. The van der Waals surface area contributed by atoms with Crippen molar-refractivity contribution in [2.24, 2.45) is 5.92 Å². The zero-order valence-electron chi connectivity index (χ0n) is 18.0. The molecule has 2 fully saturated rings. The molecule has 0 bridgehead atoms. The van der Waals surface area contributed by atoms with Gasteiger partial charge in [-0.15, -0.1) is 0 Å². The van der Waals surface area contributed by atoms with E-state index in [2.05, 4.69) is 10.3 Å². The summed E-state index contributed by atoms with van der Waals surface area (Å²) < 4.78 is 45.5. The molecule has 1 unspecified atom stereocenters. The highest BCUT2D eigenvalue weighted by molar-refractivity contribution is 5.98. The number of alkyl halides is 3. The predicted molar refractivity (Wildman–Crippen MR) is 116 cm³/mol. The molecule has 1 aromatic carbocycles. The molecule has 0 spiro atoms. The smallest absolute Gasteiger partial charge is 0.378 e. The van der Waals surface area contributed by atoms with E-state index in [4.69, 9.17) is 4.74 Å². The Balaban J connectivity index is 1.44. The number of hydrogen-bond acceptors (Lipinski definition) is 5. The summed E-state index contributed by atoms with van der Waals surface area (Å²) in [7, 11) is 0. The van der Waals surface area contributed by atoms with Crippen molar-refractivity contribution in [3.05, 3.63) is 53.7 Å². The molecule has 33 heavy (non-hydrogen) atoms. The third-order valence-electron chi connectivity index (χ3n) is 5.86. The van der Waals surface area contributed by atoms with Crippen molar-refractivity contribution in [2.45, 2.75) is 19.0 Å². The topological polar surface area (TPSA) is 74.8 Å². The summed E-state index contributed by atoms with van der Waals surface area (Å²) in [5.74, 6) is -1.07. The van der Waals surface area contributed by atoms with E-state index in [1.54, 1.807) is 29.2 Å². The second-order valence-electron chi connectivity index (χ2n) is 8.13. The summed E-state index contributed by atoms with van der Waals surface area (Å²) in [6.07, 6.45) is -2.07. The van der Waals surface area contributed by atoms with Gasteiger partial charge in [0.2, 0.25) is 5.91 Å². The maximum Gasteiger partial charge on any atom is 0.419 e. The Morgan fingerprint density at radius 2 is 1.88 bits per heavy atom. The van der Waals surface area contributed by atoms with Crippen LogP contribution in [0.5, 0.6) is 0 Å². The van der Waals surface area contributed by atoms with Crippen molar-refractivity contribution in [2.75, 3.05) is 49.6 Å². The lowest BCUT2D eigenvalue weighted by Gasteiger charge is -2.34. The first kappa shape index (κ1) is 23.0. The number of hydrogen-bond donors (Lipinski definition) is 1. The largest absolute Gasteiger partial charge is 0.419 e. The number of ether oxygens (including phenoxy) is 1. The zero-order chi connectivity index (χ0) is 23.4. The van der Waals surface area contributed by atoms with Gasteiger partial charge in [0, 0.05) is 43.6 Å². The molecule has 2 saturated heterocycles. The first-order valence-electron chi connectivity index (χ1n) is 10.9. The summed E-state index contributed by atoms with van der Waals surface area (Å²) >= 11 is 0. The maximum absolute atomic E-state index is 13.4. The van der Waals surface area contributed by atoms with Gasteiger partial charge in [-0.3, -0.25) is 9.59 Å². The number of pyridine rings is 1. The van der Waals surface area contributed by atoms with Gasteiger partial charge >= 0.3 is 6.18 Å². The summed E-state index contributed by atoms with van der Waals surface area (Å²) in [5.41, 5.74) is 0.133. The molecule has 2 aliphatic rings. The van der Waals surface area contributed by atoms with E-state index >= 15 is 0 Å². The Kier molecular flexibility index (Phi) is 6.83. The van der Waals surface area contributed by atoms with Crippen molar-refractivity contribution in [3.63, 3.8) is 0 Å². The minimum Gasteiger partial charge on any atom is -0.378 e. The number of nitrogens with zero attached hydrogens (tertiary/aromatic N) is 3. The lowest BCUT2D eigenvalue weighted by molar-refractivity contribution is -0.137. The van der Waals surface area contributed by atoms with Gasteiger partial charge in [-0.05, 0) is 43.2 Å². The van der Waals surface area contributed by atoms with Gasteiger partial charge in [-0.25, -0.2) is 4.98 Å².